The Morgan fingerprint density at radius 2 is 2.25 bits per heavy atom. The van der Waals surface area contributed by atoms with Crippen molar-refractivity contribution in [3.63, 3.8) is 0 Å². The van der Waals surface area contributed by atoms with E-state index in [1.54, 1.807) is 0 Å². The first kappa shape index (κ1) is 14.4. The number of amides is 1. The van der Waals surface area contributed by atoms with Crippen molar-refractivity contribution in [3.8, 4) is 6.07 Å². The molecule has 0 unspecified atom stereocenters. The van der Waals surface area contributed by atoms with E-state index < -0.39 is 10.0 Å². The molecule has 106 valence electrons. The highest BCUT2D eigenvalue weighted by Crippen LogP contribution is 2.19. The summed E-state index contributed by atoms with van der Waals surface area (Å²) in [6.07, 6.45) is 3.01. The quantitative estimate of drug-likeness (QED) is 0.813. The van der Waals surface area contributed by atoms with Crippen LogP contribution < -0.4 is 5.32 Å². The molecule has 1 aliphatic carbocycles. The molecule has 1 saturated carbocycles. The molecule has 0 aromatic carbocycles. The summed E-state index contributed by atoms with van der Waals surface area (Å²) >= 11 is 0. The molecule has 1 aromatic heterocycles. The van der Waals surface area contributed by atoms with Crippen molar-refractivity contribution in [2.45, 2.75) is 23.8 Å². The molecule has 2 rings (SSSR count). The normalized spacial score (nSPS) is 14.8. The Labute approximate surface area is 117 Å². The third-order valence-electron chi connectivity index (χ3n) is 2.87. The zero-order valence-corrected chi connectivity index (χ0v) is 11.7. The number of nitriles is 1. The molecular formula is C12H14N4O3S. The highest BCUT2D eigenvalue weighted by Gasteiger charge is 2.27. The maximum atomic E-state index is 12.2. The van der Waals surface area contributed by atoms with E-state index in [2.05, 4.69) is 10.3 Å². The second-order valence-corrected chi connectivity index (χ2v) is 6.64. The van der Waals surface area contributed by atoms with E-state index in [-0.39, 0.29) is 29.1 Å². The van der Waals surface area contributed by atoms with Gasteiger partial charge in [-0.25, -0.2) is 13.4 Å². The number of nitrogens with one attached hydrogen (secondary N) is 1. The van der Waals surface area contributed by atoms with Crippen LogP contribution in [0.2, 0.25) is 0 Å². The minimum Gasteiger partial charge on any atom is -0.352 e. The van der Waals surface area contributed by atoms with E-state index in [1.165, 1.54) is 19.2 Å². The molecule has 8 heteroatoms. The number of likely N-dealkylation sites (N-methyl/N-ethyl adjacent to an activating group) is 1. The van der Waals surface area contributed by atoms with Gasteiger partial charge in [0.05, 0.1) is 6.54 Å². The lowest BCUT2D eigenvalue weighted by Crippen LogP contribution is -2.39. The van der Waals surface area contributed by atoms with Gasteiger partial charge in [-0.15, -0.1) is 0 Å². The summed E-state index contributed by atoms with van der Waals surface area (Å²) < 4.78 is 25.3. The predicted octanol–water partition coefficient (Wildman–Crippen LogP) is -0.148. The fourth-order valence-corrected chi connectivity index (χ4v) is 2.64. The Bertz CT molecular complexity index is 644. The van der Waals surface area contributed by atoms with Crippen LogP contribution in [0.15, 0.2) is 23.2 Å². The van der Waals surface area contributed by atoms with Crippen LogP contribution in [0.4, 0.5) is 0 Å². The third-order valence-corrected chi connectivity index (χ3v) is 4.65. The standard InChI is InChI=1S/C12H14N4O3S/c1-16(8-12(17)15-9-2-3-9)20(18,19)11-5-4-10(6-13)14-7-11/h4-5,7,9H,2-3,8H2,1H3,(H,15,17). The smallest absolute Gasteiger partial charge is 0.244 e. The van der Waals surface area contributed by atoms with Crippen LogP contribution in [0.5, 0.6) is 0 Å². The van der Waals surface area contributed by atoms with E-state index in [1.807, 2.05) is 6.07 Å². The zero-order chi connectivity index (χ0) is 14.8. The third kappa shape index (κ3) is 3.31. The summed E-state index contributed by atoms with van der Waals surface area (Å²) in [5, 5.41) is 11.3. The first-order valence-electron chi connectivity index (χ1n) is 6.05. The Kier molecular flexibility index (Phi) is 4.01. The average molecular weight is 294 g/mol. The molecule has 20 heavy (non-hydrogen) atoms. The highest BCUT2D eigenvalue weighted by molar-refractivity contribution is 7.89. The van der Waals surface area contributed by atoms with Crippen LogP contribution in [0, 0.1) is 11.3 Å². The monoisotopic (exact) mass is 294 g/mol. The van der Waals surface area contributed by atoms with Gasteiger partial charge in [-0.3, -0.25) is 4.79 Å². The topological polar surface area (TPSA) is 103 Å². The van der Waals surface area contributed by atoms with Gasteiger partial charge >= 0.3 is 0 Å². The predicted molar refractivity (Wildman–Crippen MR) is 69.9 cm³/mol. The Morgan fingerprint density at radius 3 is 2.75 bits per heavy atom. The van der Waals surface area contributed by atoms with E-state index in [4.69, 9.17) is 5.26 Å². The summed E-state index contributed by atoms with van der Waals surface area (Å²) in [4.78, 5) is 15.3. The Morgan fingerprint density at radius 1 is 1.55 bits per heavy atom. The fourth-order valence-electron chi connectivity index (χ4n) is 1.57. The van der Waals surface area contributed by atoms with Gasteiger partial charge in [0, 0.05) is 19.3 Å². The number of nitrogens with zero attached hydrogens (tertiary/aromatic N) is 3. The summed E-state index contributed by atoms with van der Waals surface area (Å²) in [7, 11) is -2.44. The minimum atomic E-state index is -3.77. The Hall–Kier alpha value is -1.98. The molecule has 7 nitrogen and oxygen atoms in total. The molecule has 0 spiro atoms. The van der Waals surface area contributed by atoms with Gasteiger partial charge in [0.1, 0.15) is 16.7 Å². The number of rotatable bonds is 5. The van der Waals surface area contributed by atoms with E-state index in [0.29, 0.717) is 0 Å². The second kappa shape index (κ2) is 5.56. The molecule has 1 fully saturated rings. The molecule has 0 aliphatic heterocycles. The number of sulfonamides is 1. The molecule has 0 atom stereocenters. The van der Waals surface area contributed by atoms with Gasteiger partial charge in [-0.05, 0) is 25.0 Å². The van der Waals surface area contributed by atoms with Crippen LogP contribution in [0.1, 0.15) is 18.5 Å². The van der Waals surface area contributed by atoms with Crippen molar-refractivity contribution in [2.24, 2.45) is 0 Å². The maximum absolute atomic E-state index is 12.2. The van der Waals surface area contributed by atoms with Crippen molar-refractivity contribution < 1.29 is 13.2 Å². The molecule has 0 radical (unpaired) electrons. The number of aromatic nitrogens is 1. The number of carbonyl (C=O) groups excluding carboxylic acids is 1. The number of pyridine rings is 1. The fraction of sp³-hybridized carbons (Fsp3) is 0.417. The molecule has 1 N–H and O–H groups in total. The van der Waals surface area contributed by atoms with Crippen molar-refractivity contribution in [2.75, 3.05) is 13.6 Å². The van der Waals surface area contributed by atoms with E-state index >= 15 is 0 Å². The molecule has 1 heterocycles. The number of hydrogen-bond acceptors (Lipinski definition) is 5. The summed E-state index contributed by atoms with van der Waals surface area (Å²) in [5.74, 6) is -0.319. The van der Waals surface area contributed by atoms with Gasteiger partial charge in [0.2, 0.25) is 15.9 Å². The lowest BCUT2D eigenvalue weighted by molar-refractivity contribution is -0.121. The summed E-state index contributed by atoms with van der Waals surface area (Å²) in [6, 6.07) is 4.63. The molecule has 0 bridgehead atoms. The SMILES string of the molecule is CN(CC(=O)NC1CC1)S(=O)(=O)c1ccc(C#N)nc1. The molecule has 1 aliphatic rings. The molecular weight excluding hydrogens is 280 g/mol. The van der Waals surface area contributed by atoms with Gasteiger partial charge < -0.3 is 5.32 Å². The minimum absolute atomic E-state index is 0.0433. The largest absolute Gasteiger partial charge is 0.352 e. The number of carbonyl (C=O) groups is 1. The van der Waals surface area contributed by atoms with Gasteiger partial charge in [0.15, 0.2) is 0 Å². The highest BCUT2D eigenvalue weighted by atomic mass is 32.2. The molecule has 1 aromatic rings. The van der Waals surface area contributed by atoms with Crippen LogP contribution in [-0.4, -0.2) is 43.2 Å². The molecule has 1 amide bonds. The van der Waals surface area contributed by atoms with Crippen molar-refractivity contribution >= 4 is 15.9 Å². The first-order valence-corrected chi connectivity index (χ1v) is 7.49. The van der Waals surface area contributed by atoms with Crippen molar-refractivity contribution in [1.82, 2.24) is 14.6 Å². The van der Waals surface area contributed by atoms with Gasteiger partial charge in [-0.2, -0.15) is 9.57 Å². The van der Waals surface area contributed by atoms with Crippen molar-refractivity contribution in [1.29, 1.82) is 5.26 Å². The number of hydrogen-bond donors (Lipinski definition) is 1. The van der Waals surface area contributed by atoms with Crippen LogP contribution >= 0.6 is 0 Å². The van der Waals surface area contributed by atoms with Crippen LogP contribution in [-0.2, 0) is 14.8 Å². The van der Waals surface area contributed by atoms with Gasteiger partial charge in [-0.1, -0.05) is 0 Å². The average Bonchev–Trinajstić information content (AvgIpc) is 3.22. The van der Waals surface area contributed by atoms with E-state index in [9.17, 15) is 13.2 Å². The maximum Gasteiger partial charge on any atom is 0.244 e. The lowest BCUT2D eigenvalue weighted by atomic mass is 10.4. The summed E-state index contributed by atoms with van der Waals surface area (Å²) in [6.45, 7) is -0.237. The van der Waals surface area contributed by atoms with Gasteiger partial charge in [0.25, 0.3) is 0 Å². The Balaban J connectivity index is 2.07. The zero-order valence-electron chi connectivity index (χ0n) is 10.9. The van der Waals surface area contributed by atoms with Crippen molar-refractivity contribution in [3.05, 3.63) is 24.0 Å². The lowest BCUT2D eigenvalue weighted by Gasteiger charge is -2.16. The van der Waals surface area contributed by atoms with Crippen LogP contribution in [0.3, 0.4) is 0 Å². The van der Waals surface area contributed by atoms with Crippen LogP contribution in [0.25, 0.3) is 0 Å². The summed E-state index contributed by atoms with van der Waals surface area (Å²) in [5.41, 5.74) is 0.137. The first-order chi connectivity index (χ1) is 9.43. The van der Waals surface area contributed by atoms with E-state index in [0.717, 1.165) is 23.3 Å². The molecule has 0 saturated heterocycles. The second-order valence-electron chi connectivity index (χ2n) is 4.59.